The molecule has 5 heterocycles. The highest BCUT2D eigenvalue weighted by molar-refractivity contribution is 6.71. The highest BCUT2D eigenvalue weighted by Gasteiger charge is 2.59. The lowest BCUT2D eigenvalue weighted by Gasteiger charge is -2.37. The Morgan fingerprint density at radius 3 is 2.57 bits per heavy atom. The predicted molar refractivity (Wildman–Crippen MR) is 197 cm³/mol. The van der Waals surface area contributed by atoms with Gasteiger partial charge in [0.15, 0.2) is 20.3 Å². The number of methoxy groups -OCH3 is 1. The largest absolute Gasteiger partial charge is 0.462 e. The van der Waals surface area contributed by atoms with Gasteiger partial charge in [-0.1, -0.05) is 57.6 Å². The summed E-state index contributed by atoms with van der Waals surface area (Å²) in [6.07, 6.45) is 14.5. The molecular weight excluding hydrogens is 667 g/mol. The van der Waals surface area contributed by atoms with Gasteiger partial charge in [-0.2, -0.15) is 0 Å². The molecule has 11 atom stereocenters. The van der Waals surface area contributed by atoms with Crippen LogP contribution in [0.2, 0.25) is 19.1 Å². The van der Waals surface area contributed by atoms with Crippen molar-refractivity contribution in [2.75, 3.05) is 7.11 Å². The summed E-state index contributed by atoms with van der Waals surface area (Å²) in [6, 6.07) is 1.00. The number of esters is 2. The number of carbonyl (C=O) groups excluding carboxylic acids is 2. The van der Waals surface area contributed by atoms with E-state index in [0.717, 1.165) is 35.7 Å². The third-order valence-electron chi connectivity index (χ3n) is 10.9. The van der Waals surface area contributed by atoms with Crippen LogP contribution in [0.15, 0.2) is 52.2 Å². The Hall–Kier alpha value is -2.83. The summed E-state index contributed by atoms with van der Waals surface area (Å²) in [7, 11) is -0.414. The number of aromatic nitrogens is 1. The van der Waals surface area contributed by atoms with Crippen LogP contribution in [0.5, 0.6) is 0 Å². The SMILES string of the molecule is CCC[Si](C)(C)O[C@H]1C[C@@H]([C@H](C)[C@@H](OC)/C(C)=C/C=C/C(C)=C/c2coc(C)n2)OC(=O)[C@@H]2O[C@H]2C[C@H]2CC(=O)O[C@H](C2)[C@H](C)/C=C/[C@H]2O[C@]12C. The minimum atomic E-state index is -2.11. The van der Waals surface area contributed by atoms with E-state index in [1.54, 1.807) is 13.4 Å². The number of oxazole rings is 1. The van der Waals surface area contributed by atoms with Crippen molar-refractivity contribution in [1.29, 1.82) is 0 Å². The second-order valence-corrected chi connectivity index (χ2v) is 20.2. The number of hydrogen-bond acceptors (Lipinski definition) is 10. The summed E-state index contributed by atoms with van der Waals surface area (Å²) >= 11 is 0. The van der Waals surface area contributed by atoms with Crippen molar-refractivity contribution in [1.82, 2.24) is 4.98 Å². The van der Waals surface area contributed by atoms with Crippen molar-refractivity contribution in [3.05, 3.63) is 59.4 Å². The van der Waals surface area contributed by atoms with Crippen molar-refractivity contribution < 1.29 is 42.1 Å². The van der Waals surface area contributed by atoms with E-state index in [2.05, 4.69) is 57.9 Å². The molecule has 282 valence electrons. The van der Waals surface area contributed by atoms with Gasteiger partial charge in [-0.05, 0) is 75.9 Å². The van der Waals surface area contributed by atoms with E-state index in [1.807, 2.05) is 45.1 Å². The zero-order chi connectivity index (χ0) is 37.1. The van der Waals surface area contributed by atoms with Crippen molar-refractivity contribution >= 4 is 26.3 Å². The highest BCUT2D eigenvalue weighted by atomic mass is 28.4. The van der Waals surface area contributed by atoms with Crippen LogP contribution in [-0.2, 0) is 37.7 Å². The van der Waals surface area contributed by atoms with Crippen LogP contribution in [0.1, 0.15) is 85.2 Å². The van der Waals surface area contributed by atoms with Gasteiger partial charge in [0.2, 0.25) is 0 Å². The summed E-state index contributed by atoms with van der Waals surface area (Å²) in [5, 5.41) is 0. The molecule has 0 amide bonds. The summed E-state index contributed by atoms with van der Waals surface area (Å²) in [6.45, 7) is 18.8. The Labute approximate surface area is 305 Å². The van der Waals surface area contributed by atoms with Gasteiger partial charge in [-0.15, -0.1) is 0 Å². The van der Waals surface area contributed by atoms with Crippen molar-refractivity contribution in [2.45, 2.75) is 148 Å². The third-order valence-corrected chi connectivity index (χ3v) is 13.5. The van der Waals surface area contributed by atoms with E-state index in [4.69, 9.17) is 32.5 Å². The number of nitrogens with zero attached hydrogens (tertiary/aromatic N) is 1. The van der Waals surface area contributed by atoms with Gasteiger partial charge in [0.1, 0.15) is 35.9 Å². The molecule has 51 heavy (non-hydrogen) atoms. The van der Waals surface area contributed by atoms with Crippen LogP contribution in [0.4, 0.5) is 0 Å². The second-order valence-electron chi connectivity index (χ2n) is 15.9. The Morgan fingerprint density at radius 2 is 1.88 bits per heavy atom. The number of hydrogen-bond donors (Lipinski definition) is 0. The monoisotopic (exact) mass is 725 g/mol. The number of ether oxygens (including phenoxy) is 5. The van der Waals surface area contributed by atoms with Gasteiger partial charge < -0.3 is 32.5 Å². The van der Waals surface area contributed by atoms with Crippen molar-refractivity contribution in [3.8, 4) is 0 Å². The summed E-state index contributed by atoms with van der Waals surface area (Å²) in [5.74, 6) is -0.0674. The zero-order valence-corrected chi connectivity index (χ0v) is 33.2. The number of fused-ring (bicyclic) bond motifs is 4. The van der Waals surface area contributed by atoms with Gasteiger partial charge in [0.05, 0.1) is 18.3 Å². The average Bonchev–Trinajstić information content (AvgIpc) is 3.93. The normalized spacial score (nSPS) is 35.3. The number of cyclic esters (lactones) is 1. The van der Waals surface area contributed by atoms with E-state index < -0.39 is 26.1 Å². The second kappa shape index (κ2) is 16.5. The Balaban J connectivity index is 1.42. The fraction of sp³-hybridized carbons (Fsp3) is 0.675. The molecule has 2 bridgehead atoms. The number of carbonyl (C=O) groups is 2. The van der Waals surface area contributed by atoms with Crippen molar-refractivity contribution in [3.63, 3.8) is 0 Å². The van der Waals surface area contributed by atoms with E-state index in [1.165, 1.54) is 0 Å². The zero-order valence-electron chi connectivity index (χ0n) is 32.2. The molecule has 3 fully saturated rings. The average molecular weight is 726 g/mol. The van der Waals surface area contributed by atoms with Crippen LogP contribution < -0.4 is 0 Å². The van der Waals surface area contributed by atoms with E-state index in [0.29, 0.717) is 25.2 Å². The number of allylic oxidation sites excluding steroid dienone is 4. The van der Waals surface area contributed by atoms with E-state index in [-0.39, 0.29) is 60.2 Å². The molecule has 3 saturated heterocycles. The summed E-state index contributed by atoms with van der Waals surface area (Å²) in [5.41, 5.74) is 2.18. The fourth-order valence-electron chi connectivity index (χ4n) is 7.83. The molecule has 0 unspecified atom stereocenters. The Bertz CT molecular complexity index is 1510. The Morgan fingerprint density at radius 1 is 1.14 bits per heavy atom. The molecule has 0 spiro atoms. The molecular formula is C40H59NO9Si. The number of aryl methyl sites for hydroxylation is 1. The molecule has 1 aromatic heterocycles. The predicted octanol–water partition coefficient (Wildman–Crippen LogP) is 7.68. The lowest BCUT2D eigenvalue weighted by atomic mass is 9.84. The van der Waals surface area contributed by atoms with Crippen LogP contribution in [0, 0.1) is 24.7 Å². The standard InChI is InChI=1S/C40H59NO9Si/c1-11-17-51(9,10)50-35-22-32(27(5)37(44-8)26(4)14-12-13-24(2)18-30-23-45-28(6)41-30)48-39(43)38-33(47-38)20-29-19-31(46-36(42)21-29)25(3)15-16-34-40(35,7)49-34/h12-16,18,23,25,27,29,31-35,37-38H,11,17,19-22H2,1-10H3/b13-12+,16-15+,24-18+,26-14+/t25-,27+,29+,31-,32+,33+,34-,35+,37+,38-,40+/m1/s1. The summed E-state index contributed by atoms with van der Waals surface area (Å²) in [4.78, 5) is 30.7. The quantitative estimate of drug-likeness (QED) is 0.0738. The van der Waals surface area contributed by atoms with Crippen LogP contribution in [0.25, 0.3) is 6.08 Å². The maximum absolute atomic E-state index is 13.8. The molecule has 4 aliphatic rings. The van der Waals surface area contributed by atoms with E-state index >= 15 is 0 Å². The minimum Gasteiger partial charge on any atom is -0.462 e. The van der Waals surface area contributed by atoms with Gasteiger partial charge in [-0.3, -0.25) is 4.79 Å². The van der Waals surface area contributed by atoms with Gasteiger partial charge in [-0.25, -0.2) is 9.78 Å². The topological polar surface area (TPSA) is 122 Å². The number of rotatable bonds is 11. The first-order chi connectivity index (χ1) is 24.1. The van der Waals surface area contributed by atoms with Gasteiger partial charge in [0.25, 0.3) is 0 Å². The molecule has 11 heteroatoms. The minimum absolute atomic E-state index is 0.0223. The molecule has 0 radical (unpaired) electrons. The number of epoxide rings is 2. The molecule has 0 aliphatic carbocycles. The lowest BCUT2D eigenvalue weighted by molar-refractivity contribution is -0.159. The van der Waals surface area contributed by atoms with Crippen LogP contribution in [0.3, 0.4) is 0 Å². The van der Waals surface area contributed by atoms with Crippen LogP contribution >= 0.6 is 0 Å². The van der Waals surface area contributed by atoms with Gasteiger partial charge >= 0.3 is 11.9 Å². The first kappa shape index (κ1) is 39.4. The fourth-order valence-corrected chi connectivity index (χ4v) is 10.3. The van der Waals surface area contributed by atoms with E-state index in [9.17, 15) is 9.59 Å². The molecule has 4 aliphatic heterocycles. The van der Waals surface area contributed by atoms with Gasteiger partial charge in [0, 0.05) is 38.7 Å². The molecule has 0 aromatic carbocycles. The maximum Gasteiger partial charge on any atom is 0.338 e. The third kappa shape index (κ3) is 10.2. The lowest BCUT2D eigenvalue weighted by Crippen LogP contribution is -2.47. The first-order valence-electron chi connectivity index (χ1n) is 18.7. The summed E-state index contributed by atoms with van der Waals surface area (Å²) < 4.78 is 43.1. The Kier molecular flexibility index (Phi) is 12.7. The first-order valence-corrected chi connectivity index (χ1v) is 21.8. The molecule has 10 nitrogen and oxygen atoms in total. The van der Waals surface area contributed by atoms with Crippen molar-refractivity contribution in [2.24, 2.45) is 17.8 Å². The highest BCUT2D eigenvalue weighted by Crippen LogP contribution is 2.46. The smallest absolute Gasteiger partial charge is 0.338 e. The molecule has 1 aromatic rings. The molecule has 0 N–H and O–H groups in total. The molecule has 0 saturated carbocycles. The maximum atomic E-state index is 13.8. The molecule has 5 rings (SSSR count). The van der Waals surface area contributed by atoms with Crippen LogP contribution in [-0.4, -0.2) is 80.7 Å².